The highest BCUT2D eigenvalue weighted by atomic mass is 79.9. The second-order valence-electron chi connectivity index (χ2n) is 2.30. The van der Waals surface area contributed by atoms with E-state index in [2.05, 4.69) is 43.2 Å². The summed E-state index contributed by atoms with van der Waals surface area (Å²) < 4.78 is 2.27. The third kappa shape index (κ3) is 3.14. The number of hydrogen-bond donors (Lipinski definition) is 2. The third-order valence-electron chi connectivity index (χ3n) is 1.32. The standard InChI is InChI=1S/C7H10Br2N2S/c8-6-3-5(12-7(6)9)4-11-2-1-10/h3,11H,1-2,4,10H2. The quantitative estimate of drug-likeness (QED) is 0.837. The summed E-state index contributed by atoms with van der Waals surface area (Å²) in [5.41, 5.74) is 5.35. The van der Waals surface area contributed by atoms with Crippen LogP contribution in [-0.2, 0) is 6.54 Å². The average Bonchev–Trinajstić information content (AvgIpc) is 2.32. The van der Waals surface area contributed by atoms with Crippen LogP contribution in [0.5, 0.6) is 0 Å². The lowest BCUT2D eigenvalue weighted by molar-refractivity contribution is 0.702. The Hall–Kier alpha value is 0.580. The highest BCUT2D eigenvalue weighted by molar-refractivity contribution is 9.13. The van der Waals surface area contributed by atoms with Gasteiger partial charge in [-0.25, -0.2) is 0 Å². The van der Waals surface area contributed by atoms with Crippen molar-refractivity contribution in [2.75, 3.05) is 13.1 Å². The summed E-state index contributed by atoms with van der Waals surface area (Å²) in [4.78, 5) is 1.31. The van der Waals surface area contributed by atoms with Gasteiger partial charge < -0.3 is 11.1 Å². The average molecular weight is 314 g/mol. The molecule has 0 aliphatic carbocycles. The molecule has 0 amide bonds. The number of hydrogen-bond acceptors (Lipinski definition) is 3. The lowest BCUT2D eigenvalue weighted by Crippen LogP contribution is -2.21. The molecule has 0 aliphatic heterocycles. The van der Waals surface area contributed by atoms with Gasteiger partial charge in [-0.2, -0.15) is 0 Å². The van der Waals surface area contributed by atoms with Crippen LogP contribution in [0.15, 0.2) is 14.3 Å². The van der Waals surface area contributed by atoms with Crippen molar-refractivity contribution in [3.05, 3.63) is 19.2 Å². The first-order valence-electron chi connectivity index (χ1n) is 3.58. The molecule has 2 nitrogen and oxygen atoms in total. The van der Waals surface area contributed by atoms with Gasteiger partial charge in [-0.1, -0.05) is 0 Å². The molecule has 5 heteroatoms. The Morgan fingerprint density at radius 1 is 1.50 bits per heavy atom. The Morgan fingerprint density at radius 2 is 2.25 bits per heavy atom. The summed E-state index contributed by atoms with van der Waals surface area (Å²) in [6.45, 7) is 2.45. The van der Waals surface area contributed by atoms with Gasteiger partial charge in [0.25, 0.3) is 0 Å². The van der Waals surface area contributed by atoms with Crippen molar-refractivity contribution >= 4 is 43.2 Å². The number of nitrogens with one attached hydrogen (secondary N) is 1. The summed E-state index contributed by atoms with van der Waals surface area (Å²) >= 11 is 8.61. The van der Waals surface area contributed by atoms with E-state index in [1.807, 2.05) is 0 Å². The van der Waals surface area contributed by atoms with Crippen molar-refractivity contribution in [1.29, 1.82) is 0 Å². The molecule has 1 heterocycles. The Balaban J connectivity index is 2.42. The molecule has 1 rings (SSSR count). The predicted octanol–water partition coefficient (Wildman–Crippen LogP) is 2.32. The highest BCUT2D eigenvalue weighted by Gasteiger charge is 2.02. The van der Waals surface area contributed by atoms with E-state index in [-0.39, 0.29) is 0 Å². The molecule has 0 aliphatic rings. The number of thiophene rings is 1. The lowest BCUT2D eigenvalue weighted by atomic mass is 10.4. The van der Waals surface area contributed by atoms with E-state index in [4.69, 9.17) is 5.73 Å². The van der Waals surface area contributed by atoms with Crippen molar-refractivity contribution < 1.29 is 0 Å². The normalized spacial score (nSPS) is 10.6. The van der Waals surface area contributed by atoms with E-state index in [1.165, 1.54) is 4.88 Å². The number of halogens is 2. The molecular weight excluding hydrogens is 304 g/mol. The fourth-order valence-corrected chi connectivity index (χ4v) is 2.94. The van der Waals surface area contributed by atoms with Crippen LogP contribution in [0.2, 0.25) is 0 Å². The Morgan fingerprint density at radius 3 is 2.75 bits per heavy atom. The molecule has 0 radical (unpaired) electrons. The fraction of sp³-hybridized carbons (Fsp3) is 0.429. The third-order valence-corrected chi connectivity index (χ3v) is 4.57. The smallest absolute Gasteiger partial charge is 0.0843 e. The minimum absolute atomic E-state index is 0.688. The van der Waals surface area contributed by atoms with Gasteiger partial charge in [-0.05, 0) is 37.9 Å². The predicted molar refractivity (Wildman–Crippen MR) is 60.5 cm³/mol. The molecule has 1 aromatic heterocycles. The van der Waals surface area contributed by atoms with Crippen LogP contribution < -0.4 is 11.1 Å². The molecule has 68 valence electrons. The SMILES string of the molecule is NCCNCc1cc(Br)c(Br)s1. The molecule has 0 bridgehead atoms. The maximum Gasteiger partial charge on any atom is 0.0843 e. The lowest BCUT2D eigenvalue weighted by Gasteiger charge is -1.98. The van der Waals surface area contributed by atoms with Crippen LogP contribution in [0.25, 0.3) is 0 Å². The monoisotopic (exact) mass is 312 g/mol. The Bertz CT molecular complexity index is 230. The first-order valence-corrected chi connectivity index (χ1v) is 5.98. The largest absolute Gasteiger partial charge is 0.329 e. The maximum absolute atomic E-state index is 5.35. The summed E-state index contributed by atoms with van der Waals surface area (Å²) in [6.07, 6.45) is 0. The van der Waals surface area contributed by atoms with E-state index in [1.54, 1.807) is 11.3 Å². The zero-order valence-corrected chi connectivity index (χ0v) is 10.4. The van der Waals surface area contributed by atoms with E-state index in [9.17, 15) is 0 Å². The Labute approximate surface area is 92.8 Å². The van der Waals surface area contributed by atoms with Crippen molar-refractivity contribution in [2.24, 2.45) is 5.73 Å². The van der Waals surface area contributed by atoms with E-state index in [0.717, 1.165) is 21.3 Å². The second-order valence-corrected chi connectivity index (χ2v) is 5.61. The molecule has 12 heavy (non-hydrogen) atoms. The van der Waals surface area contributed by atoms with Crippen molar-refractivity contribution in [1.82, 2.24) is 5.32 Å². The highest BCUT2D eigenvalue weighted by Crippen LogP contribution is 2.32. The van der Waals surface area contributed by atoms with Crippen LogP contribution in [0, 0.1) is 0 Å². The van der Waals surface area contributed by atoms with Crippen molar-refractivity contribution in [3.63, 3.8) is 0 Å². The van der Waals surface area contributed by atoms with Crippen LogP contribution in [0.3, 0.4) is 0 Å². The molecule has 0 fully saturated rings. The molecule has 0 unspecified atom stereocenters. The molecule has 0 spiro atoms. The molecule has 3 N–H and O–H groups in total. The van der Waals surface area contributed by atoms with Gasteiger partial charge in [0.15, 0.2) is 0 Å². The molecule has 0 atom stereocenters. The topological polar surface area (TPSA) is 38.0 Å². The molecule has 0 aromatic carbocycles. The van der Waals surface area contributed by atoms with Gasteiger partial charge in [-0.3, -0.25) is 0 Å². The number of nitrogens with two attached hydrogens (primary N) is 1. The zero-order valence-electron chi connectivity index (χ0n) is 6.44. The van der Waals surface area contributed by atoms with Crippen molar-refractivity contribution in [2.45, 2.75) is 6.54 Å². The van der Waals surface area contributed by atoms with E-state index >= 15 is 0 Å². The minimum Gasteiger partial charge on any atom is -0.329 e. The molecule has 0 saturated heterocycles. The Kier molecular flexibility index (Phi) is 4.74. The van der Waals surface area contributed by atoms with Crippen LogP contribution in [0.1, 0.15) is 4.88 Å². The minimum atomic E-state index is 0.688. The second kappa shape index (κ2) is 5.34. The first-order chi connectivity index (χ1) is 5.74. The van der Waals surface area contributed by atoms with Gasteiger partial charge in [0.1, 0.15) is 0 Å². The summed E-state index contributed by atoms with van der Waals surface area (Å²) in [5, 5.41) is 3.24. The molecule has 0 saturated carbocycles. The maximum atomic E-state index is 5.35. The van der Waals surface area contributed by atoms with Gasteiger partial charge in [0, 0.05) is 29.0 Å². The van der Waals surface area contributed by atoms with Crippen molar-refractivity contribution in [3.8, 4) is 0 Å². The number of rotatable bonds is 4. The van der Waals surface area contributed by atoms with Crippen LogP contribution in [0.4, 0.5) is 0 Å². The summed E-state index contributed by atoms with van der Waals surface area (Å²) in [7, 11) is 0. The van der Waals surface area contributed by atoms with Gasteiger partial charge >= 0.3 is 0 Å². The van der Waals surface area contributed by atoms with Crippen LogP contribution in [-0.4, -0.2) is 13.1 Å². The zero-order chi connectivity index (χ0) is 8.97. The molecule has 1 aromatic rings. The van der Waals surface area contributed by atoms with Gasteiger partial charge in [0.2, 0.25) is 0 Å². The molecular formula is C7H10Br2N2S. The van der Waals surface area contributed by atoms with E-state index in [0.29, 0.717) is 6.54 Å². The summed E-state index contributed by atoms with van der Waals surface area (Å²) in [5.74, 6) is 0. The van der Waals surface area contributed by atoms with Gasteiger partial charge in [-0.15, -0.1) is 11.3 Å². The first kappa shape index (κ1) is 10.7. The van der Waals surface area contributed by atoms with E-state index < -0.39 is 0 Å². The fourth-order valence-electron chi connectivity index (χ4n) is 0.792. The van der Waals surface area contributed by atoms with Gasteiger partial charge in [0.05, 0.1) is 3.79 Å². The summed E-state index contributed by atoms with van der Waals surface area (Å²) in [6, 6.07) is 2.11. The van der Waals surface area contributed by atoms with Crippen LogP contribution >= 0.6 is 43.2 Å².